The van der Waals surface area contributed by atoms with Gasteiger partial charge in [0.25, 0.3) is 0 Å². The Kier molecular flexibility index (Phi) is 8.13. The normalized spacial score (nSPS) is 9.64. The van der Waals surface area contributed by atoms with Crippen molar-refractivity contribution in [3.05, 3.63) is 0 Å². The fourth-order valence-electron chi connectivity index (χ4n) is 0.491. The molecule has 0 unspecified atom stereocenters. The number of thioether (sulfide) groups is 2. The molecule has 0 aromatic heterocycles. The summed E-state index contributed by atoms with van der Waals surface area (Å²) < 4.78 is 2.07. The largest absolute Gasteiger partial charge is 0.119 e. The van der Waals surface area contributed by atoms with Crippen molar-refractivity contribution in [1.29, 1.82) is 0 Å². The predicted octanol–water partition coefficient (Wildman–Crippen LogP) is 3.54. The van der Waals surface area contributed by atoms with Crippen LogP contribution in [0, 0.1) is 0 Å². The highest BCUT2D eigenvalue weighted by Gasteiger charge is 1.92. The molecule has 0 N–H and O–H groups in total. The first-order valence-electron chi connectivity index (χ1n) is 3.39. The summed E-state index contributed by atoms with van der Waals surface area (Å²) in [6, 6.07) is 0. The predicted molar refractivity (Wildman–Crippen MR) is 66.1 cm³/mol. The molecule has 0 aliphatic rings. The maximum atomic E-state index is 4.93. The average molecular weight is 224 g/mol. The van der Waals surface area contributed by atoms with Crippen molar-refractivity contribution in [2.45, 2.75) is 20.3 Å². The molecule has 0 saturated heterocycles. The highest BCUT2D eigenvalue weighted by molar-refractivity contribution is 8.23. The zero-order valence-corrected chi connectivity index (χ0v) is 10.0. The Labute approximate surface area is 87.9 Å². The lowest BCUT2D eigenvalue weighted by Crippen LogP contribution is -1.88. The molecular weight excluding hydrogens is 212 g/mol. The molecule has 0 atom stereocenters. The fourth-order valence-corrected chi connectivity index (χ4v) is 2.33. The second kappa shape index (κ2) is 7.53. The molecule has 0 aromatic carbocycles. The highest BCUT2D eigenvalue weighted by Crippen LogP contribution is 2.10. The molecule has 0 bridgehead atoms. The van der Waals surface area contributed by atoms with Gasteiger partial charge in [0.05, 0.1) is 0 Å². The Morgan fingerprint density at radius 3 is 1.64 bits per heavy atom. The zero-order chi connectivity index (χ0) is 8.69. The van der Waals surface area contributed by atoms with Gasteiger partial charge in [0.1, 0.15) is 0 Å². The van der Waals surface area contributed by atoms with Gasteiger partial charge in [-0.2, -0.15) is 0 Å². The number of rotatable bonds is 4. The standard InChI is InChI=1S/C7H12S4/c1-6(8)10-4-3-5-11-7(2)9/h3-5H2,1-2H3. The second-order valence-corrected chi connectivity index (χ2v) is 6.39. The van der Waals surface area contributed by atoms with Crippen molar-refractivity contribution in [2.24, 2.45) is 0 Å². The van der Waals surface area contributed by atoms with E-state index in [1.165, 1.54) is 6.42 Å². The molecule has 11 heavy (non-hydrogen) atoms. The van der Waals surface area contributed by atoms with Crippen molar-refractivity contribution >= 4 is 56.4 Å². The van der Waals surface area contributed by atoms with Crippen LogP contribution in [-0.4, -0.2) is 19.9 Å². The van der Waals surface area contributed by atoms with Gasteiger partial charge in [0.15, 0.2) is 0 Å². The third-order valence-corrected chi connectivity index (χ3v) is 3.41. The van der Waals surface area contributed by atoms with Crippen LogP contribution in [0.5, 0.6) is 0 Å². The molecule has 64 valence electrons. The first kappa shape index (κ1) is 11.9. The first-order valence-corrected chi connectivity index (χ1v) is 6.18. The molecule has 0 aliphatic heterocycles. The third-order valence-electron chi connectivity index (χ3n) is 0.899. The maximum Gasteiger partial charge on any atom is 0.0447 e. The van der Waals surface area contributed by atoms with Crippen LogP contribution in [0.25, 0.3) is 0 Å². The van der Waals surface area contributed by atoms with Gasteiger partial charge < -0.3 is 0 Å². The minimum atomic E-state index is 1.04. The van der Waals surface area contributed by atoms with Gasteiger partial charge in [-0.05, 0) is 31.8 Å². The van der Waals surface area contributed by atoms with Crippen LogP contribution in [0.4, 0.5) is 0 Å². The molecule has 0 heterocycles. The lowest BCUT2D eigenvalue weighted by Gasteiger charge is -1.98. The van der Waals surface area contributed by atoms with E-state index in [4.69, 9.17) is 24.4 Å². The Morgan fingerprint density at radius 1 is 1.00 bits per heavy atom. The van der Waals surface area contributed by atoms with Gasteiger partial charge in [-0.25, -0.2) is 0 Å². The van der Waals surface area contributed by atoms with Gasteiger partial charge in [0, 0.05) is 8.39 Å². The molecular formula is C7H12S4. The van der Waals surface area contributed by atoms with E-state index in [-0.39, 0.29) is 0 Å². The van der Waals surface area contributed by atoms with E-state index in [0.717, 1.165) is 19.9 Å². The maximum absolute atomic E-state index is 4.93. The molecule has 0 nitrogen and oxygen atoms in total. The topological polar surface area (TPSA) is 0 Å². The minimum Gasteiger partial charge on any atom is -0.119 e. The lowest BCUT2D eigenvalue weighted by atomic mass is 10.6. The lowest BCUT2D eigenvalue weighted by molar-refractivity contribution is 1.13. The van der Waals surface area contributed by atoms with Crippen LogP contribution >= 0.6 is 48.0 Å². The first-order chi connectivity index (χ1) is 5.13. The molecule has 0 aromatic rings. The van der Waals surface area contributed by atoms with Gasteiger partial charge in [-0.1, -0.05) is 24.4 Å². The van der Waals surface area contributed by atoms with Crippen LogP contribution in [0.1, 0.15) is 20.3 Å². The molecule has 0 fully saturated rings. The second-order valence-electron chi connectivity index (χ2n) is 2.03. The molecule has 0 rings (SSSR count). The Morgan fingerprint density at radius 2 is 1.36 bits per heavy atom. The molecule has 4 heteroatoms. The number of thiocarbonyl (C=S) groups is 2. The van der Waals surface area contributed by atoms with Crippen LogP contribution in [0.3, 0.4) is 0 Å². The Bertz CT molecular complexity index is 125. The van der Waals surface area contributed by atoms with E-state index < -0.39 is 0 Å². The van der Waals surface area contributed by atoms with Gasteiger partial charge in [-0.3, -0.25) is 0 Å². The van der Waals surface area contributed by atoms with E-state index in [1.54, 1.807) is 23.5 Å². The monoisotopic (exact) mass is 224 g/mol. The average Bonchev–Trinajstić information content (AvgIpc) is 1.85. The van der Waals surface area contributed by atoms with Crippen LogP contribution in [0.15, 0.2) is 0 Å². The smallest absolute Gasteiger partial charge is 0.0447 e. The number of hydrogen-bond donors (Lipinski definition) is 0. The van der Waals surface area contributed by atoms with Crippen molar-refractivity contribution in [3.8, 4) is 0 Å². The van der Waals surface area contributed by atoms with Crippen LogP contribution in [-0.2, 0) is 0 Å². The van der Waals surface area contributed by atoms with Crippen molar-refractivity contribution in [3.63, 3.8) is 0 Å². The van der Waals surface area contributed by atoms with Crippen molar-refractivity contribution in [2.75, 3.05) is 11.5 Å². The summed E-state index contributed by atoms with van der Waals surface area (Å²) >= 11 is 13.4. The van der Waals surface area contributed by atoms with E-state index in [1.807, 2.05) is 13.8 Å². The van der Waals surface area contributed by atoms with Gasteiger partial charge >= 0.3 is 0 Å². The van der Waals surface area contributed by atoms with E-state index >= 15 is 0 Å². The molecule has 0 radical (unpaired) electrons. The SMILES string of the molecule is CC(=S)SCCCSC(C)=S. The van der Waals surface area contributed by atoms with Crippen molar-refractivity contribution < 1.29 is 0 Å². The highest BCUT2D eigenvalue weighted by atomic mass is 32.2. The quantitative estimate of drug-likeness (QED) is 0.529. The fraction of sp³-hybridized carbons (Fsp3) is 0.714. The van der Waals surface area contributed by atoms with Gasteiger partial charge in [-0.15, -0.1) is 23.5 Å². The minimum absolute atomic E-state index is 1.04. The molecule has 0 saturated carbocycles. The summed E-state index contributed by atoms with van der Waals surface area (Å²) in [4.78, 5) is 0. The third kappa shape index (κ3) is 10.9. The van der Waals surface area contributed by atoms with E-state index in [9.17, 15) is 0 Å². The Balaban J connectivity index is 3.03. The molecule has 0 spiro atoms. The van der Waals surface area contributed by atoms with Crippen LogP contribution in [0.2, 0.25) is 0 Å². The summed E-state index contributed by atoms with van der Waals surface area (Å²) in [5.74, 6) is 2.26. The summed E-state index contributed by atoms with van der Waals surface area (Å²) in [5.41, 5.74) is 0. The summed E-state index contributed by atoms with van der Waals surface area (Å²) in [6.45, 7) is 3.94. The van der Waals surface area contributed by atoms with Crippen LogP contribution < -0.4 is 0 Å². The van der Waals surface area contributed by atoms with Crippen molar-refractivity contribution in [1.82, 2.24) is 0 Å². The number of hydrogen-bond acceptors (Lipinski definition) is 4. The summed E-state index contributed by atoms with van der Waals surface area (Å²) in [7, 11) is 0. The van der Waals surface area contributed by atoms with E-state index in [0.29, 0.717) is 0 Å². The summed E-state index contributed by atoms with van der Waals surface area (Å²) in [6.07, 6.45) is 1.19. The molecule has 0 amide bonds. The molecule has 0 aliphatic carbocycles. The van der Waals surface area contributed by atoms with E-state index in [2.05, 4.69) is 0 Å². The van der Waals surface area contributed by atoms with Gasteiger partial charge in [0.2, 0.25) is 0 Å². The summed E-state index contributed by atoms with van der Waals surface area (Å²) in [5, 5.41) is 0. The zero-order valence-electron chi connectivity index (χ0n) is 6.75. The Hall–Kier alpha value is 0.880.